The van der Waals surface area contributed by atoms with Gasteiger partial charge in [0.2, 0.25) is 0 Å². The van der Waals surface area contributed by atoms with Crippen LogP contribution < -0.4 is 5.32 Å². The van der Waals surface area contributed by atoms with Gasteiger partial charge >= 0.3 is 0 Å². The number of hydrogen-bond donors (Lipinski definition) is 1. The Morgan fingerprint density at radius 1 is 1.05 bits per heavy atom. The second kappa shape index (κ2) is 6.80. The highest BCUT2D eigenvalue weighted by molar-refractivity contribution is 6.42. The van der Waals surface area contributed by atoms with Crippen LogP contribution in [0.4, 0.5) is 0 Å². The smallest absolute Gasteiger partial charge is 0.0595 e. The van der Waals surface area contributed by atoms with Gasteiger partial charge in [0.05, 0.1) is 10.0 Å². The summed E-state index contributed by atoms with van der Waals surface area (Å²) in [6.45, 7) is 3.95. The molecule has 0 amide bonds. The largest absolute Gasteiger partial charge is 0.308 e. The first-order valence-electron chi connectivity index (χ1n) is 7.17. The topological polar surface area (TPSA) is 15.3 Å². The molecule has 1 atom stereocenters. The monoisotopic (exact) mass is 320 g/mol. The van der Waals surface area contributed by atoms with Crippen LogP contribution in [0.25, 0.3) is 0 Å². The summed E-state index contributed by atoms with van der Waals surface area (Å²) in [5.41, 5.74) is 2.55. The normalized spacial score (nSPS) is 19.6. The first-order chi connectivity index (χ1) is 10.2. The summed E-state index contributed by atoms with van der Waals surface area (Å²) in [7, 11) is 0. The van der Waals surface area contributed by atoms with Crippen molar-refractivity contribution in [3.05, 3.63) is 69.7 Å². The van der Waals surface area contributed by atoms with Crippen molar-refractivity contribution >= 4 is 23.2 Å². The molecule has 1 N–H and O–H groups in total. The third-order valence-electron chi connectivity index (χ3n) is 3.85. The lowest BCUT2D eigenvalue weighted by molar-refractivity contribution is 0.193. The number of hydrogen-bond acceptors (Lipinski definition) is 2. The van der Waals surface area contributed by atoms with E-state index in [0.29, 0.717) is 16.1 Å². The first kappa shape index (κ1) is 14.9. The van der Waals surface area contributed by atoms with E-state index in [1.54, 1.807) is 0 Å². The predicted molar refractivity (Wildman–Crippen MR) is 88.9 cm³/mol. The summed E-state index contributed by atoms with van der Waals surface area (Å²) in [6, 6.07) is 16.9. The van der Waals surface area contributed by atoms with Crippen molar-refractivity contribution in [2.45, 2.75) is 12.6 Å². The van der Waals surface area contributed by atoms with Crippen LogP contribution in [0, 0.1) is 0 Å². The molecule has 2 aromatic rings. The number of halogens is 2. The zero-order valence-electron chi connectivity index (χ0n) is 11.7. The summed E-state index contributed by atoms with van der Waals surface area (Å²) in [5.74, 6) is 0. The molecule has 2 aromatic carbocycles. The molecule has 0 bridgehead atoms. The van der Waals surface area contributed by atoms with E-state index < -0.39 is 0 Å². The van der Waals surface area contributed by atoms with E-state index in [-0.39, 0.29) is 0 Å². The van der Waals surface area contributed by atoms with Crippen molar-refractivity contribution in [1.29, 1.82) is 0 Å². The van der Waals surface area contributed by atoms with Crippen LogP contribution in [0.5, 0.6) is 0 Å². The molecule has 1 fully saturated rings. The Morgan fingerprint density at radius 2 is 1.86 bits per heavy atom. The summed E-state index contributed by atoms with van der Waals surface area (Å²) in [6.07, 6.45) is 0. The van der Waals surface area contributed by atoms with Crippen molar-refractivity contribution in [2.24, 2.45) is 0 Å². The molecule has 2 nitrogen and oxygen atoms in total. The summed E-state index contributed by atoms with van der Waals surface area (Å²) in [5, 5.41) is 4.83. The molecule has 1 saturated heterocycles. The fraction of sp³-hybridized carbons (Fsp3) is 0.294. The quantitative estimate of drug-likeness (QED) is 0.914. The minimum absolute atomic E-state index is 0.391. The van der Waals surface area contributed by atoms with Crippen molar-refractivity contribution in [3.63, 3.8) is 0 Å². The van der Waals surface area contributed by atoms with Gasteiger partial charge in [0, 0.05) is 32.2 Å². The van der Waals surface area contributed by atoms with E-state index in [9.17, 15) is 0 Å². The van der Waals surface area contributed by atoms with Gasteiger partial charge in [-0.1, -0.05) is 59.6 Å². The highest BCUT2D eigenvalue weighted by atomic mass is 35.5. The second-order valence-electron chi connectivity index (χ2n) is 5.40. The molecule has 0 saturated carbocycles. The lowest BCUT2D eigenvalue weighted by Gasteiger charge is -2.34. The maximum atomic E-state index is 6.09. The van der Waals surface area contributed by atoms with Crippen molar-refractivity contribution in [2.75, 3.05) is 19.6 Å². The van der Waals surface area contributed by atoms with Gasteiger partial charge in [-0.15, -0.1) is 0 Å². The maximum absolute atomic E-state index is 6.09. The molecule has 110 valence electrons. The van der Waals surface area contributed by atoms with Gasteiger partial charge in [0.1, 0.15) is 0 Å². The lowest BCUT2D eigenvalue weighted by Crippen LogP contribution is -2.45. The van der Waals surface area contributed by atoms with Crippen molar-refractivity contribution in [1.82, 2.24) is 10.2 Å². The van der Waals surface area contributed by atoms with Gasteiger partial charge in [-0.2, -0.15) is 0 Å². The average Bonchev–Trinajstić information content (AvgIpc) is 2.52. The van der Waals surface area contributed by atoms with Crippen LogP contribution in [0.1, 0.15) is 17.2 Å². The van der Waals surface area contributed by atoms with E-state index in [4.69, 9.17) is 23.2 Å². The van der Waals surface area contributed by atoms with E-state index in [2.05, 4.69) is 40.5 Å². The summed E-state index contributed by atoms with van der Waals surface area (Å²) in [4.78, 5) is 2.45. The Hall–Kier alpha value is -1.06. The minimum atomic E-state index is 0.391. The van der Waals surface area contributed by atoms with Gasteiger partial charge in [0.15, 0.2) is 0 Å². The molecule has 1 unspecified atom stereocenters. The van der Waals surface area contributed by atoms with E-state index in [1.165, 1.54) is 11.1 Å². The fourth-order valence-electron chi connectivity index (χ4n) is 2.76. The Morgan fingerprint density at radius 3 is 2.62 bits per heavy atom. The number of nitrogens with zero attached hydrogens (tertiary/aromatic N) is 1. The van der Waals surface area contributed by atoms with Crippen LogP contribution in [-0.2, 0) is 6.54 Å². The van der Waals surface area contributed by atoms with Gasteiger partial charge < -0.3 is 5.32 Å². The van der Waals surface area contributed by atoms with Crippen LogP contribution >= 0.6 is 23.2 Å². The molecule has 1 aliphatic heterocycles. The molecule has 4 heteroatoms. The minimum Gasteiger partial charge on any atom is -0.308 e. The third kappa shape index (κ3) is 3.78. The Kier molecular flexibility index (Phi) is 4.81. The van der Waals surface area contributed by atoms with Crippen LogP contribution in [-0.4, -0.2) is 24.5 Å². The molecule has 21 heavy (non-hydrogen) atoms. The summed E-state index contributed by atoms with van der Waals surface area (Å²) >= 11 is 12.1. The van der Waals surface area contributed by atoms with Crippen LogP contribution in [0.2, 0.25) is 10.0 Å². The molecule has 1 heterocycles. The van der Waals surface area contributed by atoms with Crippen LogP contribution in [0.3, 0.4) is 0 Å². The third-order valence-corrected chi connectivity index (χ3v) is 4.59. The standard InChI is InChI=1S/C17H18Cl2N2/c18-15-7-6-13(10-16(15)19)11-21-9-8-20-17(12-21)14-4-2-1-3-5-14/h1-7,10,17,20H,8-9,11-12H2. The Balaban J connectivity index is 1.67. The SMILES string of the molecule is Clc1ccc(CN2CCNC(c3ccccc3)C2)cc1Cl. The Bertz CT molecular complexity index is 601. The van der Waals surface area contributed by atoms with Crippen molar-refractivity contribution in [3.8, 4) is 0 Å². The van der Waals surface area contributed by atoms with Gasteiger partial charge in [-0.3, -0.25) is 4.90 Å². The number of rotatable bonds is 3. The maximum Gasteiger partial charge on any atom is 0.0595 e. The molecule has 0 radical (unpaired) electrons. The van der Waals surface area contributed by atoms with Gasteiger partial charge in [0.25, 0.3) is 0 Å². The highest BCUT2D eigenvalue weighted by Crippen LogP contribution is 2.24. The molecular formula is C17H18Cl2N2. The van der Waals surface area contributed by atoms with Crippen LogP contribution in [0.15, 0.2) is 48.5 Å². The molecular weight excluding hydrogens is 303 g/mol. The van der Waals surface area contributed by atoms with Gasteiger partial charge in [-0.25, -0.2) is 0 Å². The average molecular weight is 321 g/mol. The highest BCUT2D eigenvalue weighted by Gasteiger charge is 2.20. The number of benzene rings is 2. The zero-order valence-corrected chi connectivity index (χ0v) is 13.2. The molecule has 0 spiro atoms. The first-order valence-corrected chi connectivity index (χ1v) is 7.92. The van der Waals surface area contributed by atoms with Crippen molar-refractivity contribution < 1.29 is 0 Å². The van der Waals surface area contributed by atoms with E-state index in [1.807, 2.05) is 18.2 Å². The molecule has 3 rings (SSSR count). The zero-order chi connectivity index (χ0) is 14.7. The lowest BCUT2D eigenvalue weighted by atomic mass is 10.0. The van der Waals surface area contributed by atoms with E-state index >= 15 is 0 Å². The fourth-order valence-corrected chi connectivity index (χ4v) is 3.08. The number of piperazine rings is 1. The summed E-state index contributed by atoms with van der Waals surface area (Å²) < 4.78 is 0. The Labute approximate surface area is 135 Å². The predicted octanol–water partition coefficient (Wildman–Crippen LogP) is 4.14. The molecule has 0 aromatic heterocycles. The van der Waals surface area contributed by atoms with Gasteiger partial charge in [-0.05, 0) is 23.3 Å². The molecule has 1 aliphatic rings. The number of nitrogens with one attached hydrogen (secondary N) is 1. The van der Waals surface area contributed by atoms with E-state index in [0.717, 1.165) is 26.2 Å². The second-order valence-corrected chi connectivity index (χ2v) is 6.22. The molecule has 0 aliphatic carbocycles.